The maximum Gasteiger partial charge on any atom is 0.295 e. The van der Waals surface area contributed by atoms with Crippen molar-refractivity contribution in [2.75, 3.05) is 20.3 Å². The zero-order valence-corrected chi connectivity index (χ0v) is 18.8. The fraction of sp³-hybridized carbons (Fsp3) is 0.360. The van der Waals surface area contributed by atoms with Gasteiger partial charge in [0.1, 0.15) is 11.5 Å². The third-order valence-corrected chi connectivity index (χ3v) is 5.56. The summed E-state index contributed by atoms with van der Waals surface area (Å²) in [5, 5.41) is 21.3. The molecule has 1 aliphatic heterocycles. The number of amides is 1. The Morgan fingerprint density at radius 3 is 2.47 bits per heavy atom. The van der Waals surface area contributed by atoms with Crippen LogP contribution in [0.15, 0.2) is 42.0 Å². The van der Waals surface area contributed by atoms with Crippen molar-refractivity contribution in [2.24, 2.45) is 0 Å². The smallest absolute Gasteiger partial charge is 0.295 e. The molecule has 2 aromatic rings. The fourth-order valence-corrected chi connectivity index (χ4v) is 3.94. The number of phenolic OH excluding ortho intramolecular Hbond substituents is 1. The first-order valence-electron chi connectivity index (χ1n) is 10.7. The van der Waals surface area contributed by atoms with Crippen LogP contribution in [0.25, 0.3) is 5.76 Å². The summed E-state index contributed by atoms with van der Waals surface area (Å²) in [5.41, 5.74) is 1.80. The highest BCUT2D eigenvalue weighted by atomic mass is 16.5. The highest BCUT2D eigenvalue weighted by Gasteiger charge is 2.46. The van der Waals surface area contributed by atoms with Gasteiger partial charge in [-0.15, -0.1) is 0 Å². The number of nitrogens with zero attached hydrogens (tertiary/aromatic N) is 1. The molecule has 1 atom stereocenters. The van der Waals surface area contributed by atoms with Crippen molar-refractivity contribution in [3.05, 3.63) is 58.7 Å². The second-order valence-electron chi connectivity index (χ2n) is 7.69. The van der Waals surface area contributed by atoms with Crippen molar-refractivity contribution in [3.8, 4) is 17.2 Å². The van der Waals surface area contributed by atoms with Crippen molar-refractivity contribution >= 4 is 17.4 Å². The Kier molecular flexibility index (Phi) is 7.08. The number of phenols is 1. The van der Waals surface area contributed by atoms with Crippen LogP contribution in [0.3, 0.4) is 0 Å². The fourth-order valence-electron chi connectivity index (χ4n) is 3.94. The minimum Gasteiger partial charge on any atom is -0.507 e. The average molecular weight is 440 g/mol. The highest BCUT2D eigenvalue weighted by Crippen LogP contribution is 2.42. The Balaban J connectivity index is 2.19. The van der Waals surface area contributed by atoms with Gasteiger partial charge in [-0.3, -0.25) is 9.59 Å². The Labute approximate surface area is 187 Å². The number of aliphatic hydroxyl groups excluding tert-OH is 1. The Morgan fingerprint density at radius 1 is 1.09 bits per heavy atom. The molecule has 7 heteroatoms. The van der Waals surface area contributed by atoms with Crippen LogP contribution in [-0.2, 0) is 9.59 Å². The van der Waals surface area contributed by atoms with Gasteiger partial charge >= 0.3 is 0 Å². The summed E-state index contributed by atoms with van der Waals surface area (Å²) in [5.74, 6) is -0.756. The summed E-state index contributed by atoms with van der Waals surface area (Å²) >= 11 is 0. The summed E-state index contributed by atoms with van der Waals surface area (Å²) in [7, 11) is 1.56. The topological polar surface area (TPSA) is 96.3 Å². The third kappa shape index (κ3) is 4.28. The number of aliphatic hydroxyl groups is 1. The van der Waals surface area contributed by atoms with Crippen LogP contribution in [0.2, 0.25) is 0 Å². The number of aromatic hydroxyl groups is 1. The SMILES string of the molecule is CCCCN1C(=O)C(=O)/C(=C(\O)c2ccc(OC)c(C)c2)C1c1ccc(O)c(OCC)c1. The minimum atomic E-state index is -0.788. The summed E-state index contributed by atoms with van der Waals surface area (Å²) in [6.45, 7) is 6.35. The van der Waals surface area contributed by atoms with Gasteiger partial charge in [-0.25, -0.2) is 0 Å². The van der Waals surface area contributed by atoms with Gasteiger partial charge in [0.2, 0.25) is 0 Å². The zero-order chi connectivity index (χ0) is 23.4. The first-order valence-corrected chi connectivity index (χ1v) is 10.7. The molecule has 1 amide bonds. The molecule has 0 bridgehead atoms. The van der Waals surface area contributed by atoms with Gasteiger partial charge in [0, 0.05) is 12.1 Å². The Bertz CT molecular complexity index is 1060. The lowest BCUT2D eigenvalue weighted by Crippen LogP contribution is -2.30. The van der Waals surface area contributed by atoms with Crippen molar-refractivity contribution in [1.29, 1.82) is 0 Å². The number of carbonyl (C=O) groups excluding carboxylic acids is 2. The van der Waals surface area contributed by atoms with E-state index in [0.717, 1.165) is 12.0 Å². The molecular weight excluding hydrogens is 410 g/mol. The van der Waals surface area contributed by atoms with Crippen LogP contribution in [0, 0.1) is 6.92 Å². The maximum absolute atomic E-state index is 13.0. The molecule has 1 saturated heterocycles. The maximum atomic E-state index is 13.0. The number of benzene rings is 2. The average Bonchev–Trinajstić information content (AvgIpc) is 3.03. The molecule has 0 spiro atoms. The van der Waals surface area contributed by atoms with Crippen molar-refractivity contribution < 1.29 is 29.3 Å². The summed E-state index contributed by atoms with van der Waals surface area (Å²) in [6, 6.07) is 9.01. The summed E-state index contributed by atoms with van der Waals surface area (Å²) in [6.07, 6.45) is 1.55. The molecule has 32 heavy (non-hydrogen) atoms. The number of aryl methyl sites for hydroxylation is 1. The van der Waals surface area contributed by atoms with E-state index in [1.54, 1.807) is 44.4 Å². The monoisotopic (exact) mass is 439 g/mol. The molecule has 1 unspecified atom stereocenters. The first kappa shape index (κ1) is 23.2. The lowest BCUT2D eigenvalue weighted by molar-refractivity contribution is -0.139. The van der Waals surface area contributed by atoms with Crippen molar-refractivity contribution in [1.82, 2.24) is 4.90 Å². The normalized spacial score (nSPS) is 17.6. The quantitative estimate of drug-likeness (QED) is 0.361. The Morgan fingerprint density at radius 2 is 1.84 bits per heavy atom. The van der Waals surface area contributed by atoms with Gasteiger partial charge in [-0.2, -0.15) is 0 Å². The number of unbranched alkanes of at least 4 members (excludes halogenated alkanes) is 1. The molecule has 2 aromatic carbocycles. The van der Waals surface area contributed by atoms with E-state index in [1.165, 1.54) is 11.0 Å². The molecule has 0 aromatic heterocycles. The largest absolute Gasteiger partial charge is 0.507 e. The molecule has 2 N–H and O–H groups in total. The van der Waals surface area contributed by atoms with E-state index in [2.05, 4.69) is 0 Å². The highest BCUT2D eigenvalue weighted by molar-refractivity contribution is 6.46. The number of carbonyl (C=O) groups is 2. The Hall–Kier alpha value is -3.48. The van der Waals surface area contributed by atoms with Gasteiger partial charge in [0.25, 0.3) is 11.7 Å². The van der Waals surface area contributed by atoms with Crippen LogP contribution < -0.4 is 9.47 Å². The lowest BCUT2D eigenvalue weighted by atomic mass is 9.94. The second kappa shape index (κ2) is 9.77. The van der Waals surface area contributed by atoms with Gasteiger partial charge in [-0.1, -0.05) is 19.4 Å². The van der Waals surface area contributed by atoms with Crippen LogP contribution >= 0.6 is 0 Å². The van der Waals surface area contributed by atoms with E-state index in [1.807, 2.05) is 13.8 Å². The van der Waals surface area contributed by atoms with E-state index in [0.29, 0.717) is 36.4 Å². The van der Waals surface area contributed by atoms with E-state index >= 15 is 0 Å². The van der Waals surface area contributed by atoms with Gasteiger partial charge < -0.3 is 24.6 Å². The lowest BCUT2D eigenvalue weighted by Gasteiger charge is -2.25. The van der Waals surface area contributed by atoms with Crippen molar-refractivity contribution in [2.45, 2.75) is 39.7 Å². The summed E-state index contributed by atoms with van der Waals surface area (Å²) in [4.78, 5) is 27.4. The number of Topliss-reactive ketones (excluding diaryl/α,β-unsaturated/α-hetero) is 1. The molecule has 170 valence electrons. The predicted molar refractivity (Wildman–Crippen MR) is 121 cm³/mol. The molecule has 1 heterocycles. The molecule has 7 nitrogen and oxygen atoms in total. The number of hydrogen-bond acceptors (Lipinski definition) is 6. The molecule has 1 fully saturated rings. The number of hydrogen-bond donors (Lipinski definition) is 2. The number of ether oxygens (including phenoxy) is 2. The van der Waals surface area contributed by atoms with Crippen LogP contribution in [0.1, 0.15) is 49.4 Å². The molecule has 3 rings (SSSR count). The number of rotatable bonds is 8. The number of methoxy groups -OCH3 is 1. The third-order valence-electron chi connectivity index (χ3n) is 5.56. The van der Waals surface area contributed by atoms with Crippen molar-refractivity contribution in [3.63, 3.8) is 0 Å². The van der Waals surface area contributed by atoms with E-state index in [-0.39, 0.29) is 22.8 Å². The van der Waals surface area contributed by atoms with Crippen LogP contribution in [0.4, 0.5) is 0 Å². The van der Waals surface area contributed by atoms with Crippen LogP contribution in [-0.4, -0.2) is 47.1 Å². The standard InChI is InChI=1S/C25H29NO6/c1-5-7-12-26-22(16-8-10-18(27)20(14-16)32-6-2)21(24(29)25(26)30)23(28)17-9-11-19(31-4)15(3)13-17/h8-11,13-14,22,27-28H,5-7,12H2,1-4H3/b23-21-. The first-order chi connectivity index (χ1) is 15.3. The number of likely N-dealkylation sites (tertiary alicyclic amines) is 1. The molecule has 0 radical (unpaired) electrons. The predicted octanol–water partition coefficient (Wildman–Crippen LogP) is 4.33. The minimum absolute atomic E-state index is 0.0174. The number of ketones is 1. The van der Waals surface area contributed by atoms with Gasteiger partial charge in [0.05, 0.1) is 25.3 Å². The second-order valence-corrected chi connectivity index (χ2v) is 7.69. The van der Waals surface area contributed by atoms with Crippen LogP contribution in [0.5, 0.6) is 17.2 Å². The van der Waals surface area contributed by atoms with E-state index in [4.69, 9.17) is 9.47 Å². The summed E-state index contributed by atoms with van der Waals surface area (Å²) < 4.78 is 10.8. The molecule has 1 aliphatic rings. The van der Waals surface area contributed by atoms with Gasteiger partial charge in [0.15, 0.2) is 11.5 Å². The molecule has 0 saturated carbocycles. The molecular formula is C25H29NO6. The molecule has 0 aliphatic carbocycles. The zero-order valence-electron chi connectivity index (χ0n) is 18.8. The van der Waals surface area contributed by atoms with E-state index in [9.17, 15) is 19.8 Å². The van der Waals surface area contributed by atoms with Gasteiger partial charge in [-0.05, 0) is 61.7 Å². The van der Waals surface area contributed by atoms with E-state index < -0.39 is 17.7 Å².